The molecule has 1 N–H and O–H groups in total. The molecule has 0 unspecified atom stereocenters. The van der Waals surface area contributed by atoms with Crippen LogP contribution in [0.3, 0.4) is 0 Å². The molecule has 0 bridgehead atoms. The number of rotatable bonds is 6. The van der Waals surface area contributed by atoms with Crippen LogP contribution in [-0.2, 0) is 4.43 Å². The van der Waals surface area contributed by atoms with Gasteiger partial charge in [0.15, 0.2) is 0 Å². The lowest BCUT2D eigenvalue weighted by Gasteiger charge is -2.43. The summed E-state index contributed by atoms with van der Waals surface area (Å²) in [5, 5.41) is 13.2. The van der Waals surface area contributed by atoms with E-state index in [1.165, 1.54) is 15.9 Å². The Kier molecular flexibility index (Phi) is 6.59. The van der Waals surface area contributed by atoms with Crippen LogP contribution in [0.4, 0.5) is 0 Å². The van der Waals surface area contributed by atoms with E-state index in [0.717, 1.165) is 19.3 Å². The van der Waals surface area contributed by atoms with Gasteiger partial charge in [-0.05, 0) is 34.7 Å². The first-order chi connectivity index (χ1) is 13.4. The predicted molar refractivity (Wildman–Crippen MR) is 121 cm³/mol. The van der Waals surface area contributed by atoms with Gasteiger partial charge in [-0.2, -0.15) is 0 Å². The van der Waals surface area contributed by atoms with Gasteiger partial charge in [0.1, 0.15) is 0 Å². The fraction of sp³-hybridized carbons (Fsp3) is 0.440. The zero-order valence-corrected chi connectivity index (χ0v) is 18.7. The molecule has 1 fully saturated rings. The molecule has 1 aliphatic carbocycles. The molecule has 1 aliphatic rings. The standard InChI is InChI=1S/C25H34O2Si/c1-5-12-20-17-18-24(26)23(20)19-27-28(25(2,3)4,21-13-8-6-9-14-21)22-15-10-7-11-16-22/h6-16,23-24,26H,5,17-19H2,1-4H3/b20-12+/t23-,24-/m1/s1. The summed E-state index contributed by atoms with van der Waals surface area (Å²) in [6.07, 6.45) is 4.84. The van der Waals surface area contributed by atoms with E-state index < -0.39 is 8.32 Å². The van der Waals surface area contributed by atoms with E-state index in [0.29, 0.717) is 6.61 Å². The highest BCUT2D eigenvalue weighted by atomic mass is 28.4. The monoisotopic (exact) mass is 394 g/mol. The summed E-state index contributed by atoms with van der Waals surface area (Å²) in [7, 11) is -2.54. The lowest BCUT2D eigenvalue weighted by atomic mass is 10.0. The number of aliphatic hydroxyl groups is 1. The van der Waals surface area contributed by atoms with Gasteiger partial charge in [0.05, 0.1) is 6.10 Å². The molecule has 0 aliphatic heterocycles. The molecule has 2 aromatic rings. The largest absolute Gasteiger partial charge is 0.407 e. The van der Waals surface area contributed by atoms with Crippen molar-refractivity contribution in [2.45, 2.75) is 58.1 Å². The molecule has 3 heteroatoms. The number of aliphatic hydroxyl groups excluding tert-OH is 1. The van der Waals surface area contributed by atoms with Gasteiger partial charge in [-0.25, -0.2) is 0 Å². The van der Waals surface area contributed by atoms with Crippen molar-refractivity contribution in [1.29, 1.82) is 0 Å². The summed E-state index contributed by atoms with van der Waals surface area (Å²) < 4.78 is 7.04. The molecule has 150 valence electrons. The van der Waals surface area contributed by atoms with Crippen LogP contribution in [0.2, 0.25) is 5.04 Å². The molecular weight excluding hydrogens is 360 g/mol. The average Bonchev–Trinajstić information content (AvgIpc) is 3.03. The Hall–Kier alpha value is -1.68. The molecule has 2 nitrogen and oxygen atoms in total. The van der Waals surface area contributed by atoms with E-state index >= 15 is 0 Å². The van der Waals surface area contributed by atoms with Crippen LogP contribution in [0.1, 0.15) is 47.0 Å². The van der Waals surface area contributed by atoms with Gasteiger partial charge in [0.25, 0.3) is 8.32 Å². The van der Waals surface area contributed by atoms with E-state index in [1.807, 2.05) is 0 Å². The molecule has 0 amide bonds. The first-order valence-corrected chi connectivity index (χ1v) is 12.4. The summed E-state index contributed by atoms with van der Waals surface area (Å²) in [6.45, 7) is 9.64. The van der Waals surface area contributed by atoms with E-state index in [-0.39, 0.29) is 17.1 Å². The normalized spacial score (nSPS) is 22.0. The van der Waals surface area contributed by atoms with Crippen molar-refractivity contribution >= 4 is 18.7 Å². The lowest BCUT2D eigenvalue weighted by Crippen LogP contribution is -2.67. The third kappa shape index (κ3) is 4.02. The summed E-state index contributed by atoms with van der Waals surface area (Å²) in [5.74, 6) is 0.113. The molecular formula is C25H34O2Si. The molecule has 0 radical (unpaired) electrons. The van der Waals surface area contributed by atoms with Crippen molar-refractivity contribution in [2.75, 3.05) is 6.61 Å². The Bertz CT molecular complexity index is 738. The third-order valence-electron chi connectivity index (χ3n) is 6.03. The fourth-order valence-electron chi connectivity index (χ4n) is 4.66. The Labute approximate surface area is 171 Å². The quantitative estimate of drug-likeness (QED) is 0.570. The Morgan fingerprint density at radius 1 is 1.00 bits per heavy atom. The molecule has 0 heterocycles. The first-order valence-electron chi connectivity index (χ1n) is 10.5. The molecule has 2 atom stereocenters. The second kappa shape index (κ2) is 8.77. The molecule has 28 heavy (non-hydrogen) atoms. The van der Waals surface area contributed by atoms with Crippen LogP contribution in [0.15, 0.2) is 72.3 Å². The molecule has 3 rings (SSSR count). The number of hydrogen-bond acceptors (Lipinski definition) is 2. The lowest BCUT2D eigenvalue weighted by molar-refractivity contribution is 0.107. The Morgan fingerprint density at radius 2 is 1.54 bits per heavy atom. The van der Waals surface area contributed by atoms with Crippen LogP contribution in [0, 0.1) is 5.92 Å². The topological polar surface area (TPSA) is 29.5 Å². The summed E-state index contributed by atoms with van der Waals surface area (Å²) >= 11 is 0. The van der Waals surface area contributed by atoms with Crippen molar-refractivity contribution in [3.8, 4) is 0 Å². The second-order valence-electron chi connectivity index (χ2n) is 8.87. The highest BCUT2D eigenvalue weighted by Gasteiger charge is 2.50. The average molecular weight is 395 g/mol. The number of allylic oxidation sites excluding steroid dienone is 1. The molecule has 1 saturated carbocycles. The number of benzene rings is 2. The van der Waals surface area contributed by atoms with E-state index in [4.69, 9.17) is 4.43 Å². The van der Waals surface area contributed by atoms with Gasteiger partial charge in [-0.1, -0.05) is 100 Å². The zero-order chi connectivity index (χ0) is 20.2. The Balaban J connectivity index is 2.05. The minimum Gasteiger partial charge on any atom is -0.407 e. The van der Waals surface area contributed by atoms with Gasteiger partial charge >= 0.3 is 0 Å². The van der Waals surface area contributed by atoms with Gasteiger partial charge in [0, 0.05) is 12.5 Å². The van der Waals surface area contributed by atoms with Crippen LogP contribution >= 0.6 is 0 Å². The SMILES string of the molecule is CC/C=C1\CC[C@@H](O)[C@@H]1CO[Si](c1ccccc1)(c1ccccc1)C(C)(C)C. The van der Waals surface area contributed by atoms with Crippen molar-refractivity contribution in [1.82, 2.24) is 0 Å². The van der Waals surface area contributed by atoms with Gasteiger partial charge in [-0.3, -0.25) is 0 Å². The van der Waals surface area contributed by atoms with Gasteiger partial charge < -0.3 is 9.53 Å². The predicted octanol–water partition coefficient (Wildman–Crippen LogP) is 4.67. The third-order valence-corrected chi connectivity index (χ3v) is 11.0. The van der Waals surface area contributed by atoms with E-state index in [9.17, 15) is 5.11 Å². The summed E-state index contributed by atoms with van der Waals surface area (Å²) in [4.78, 5) is 0. The Morgan fingerprint density at radius 3 is 2.00 bits per heavy atom. The molecule has 0 spiro atoms. The minimum absolute atomic E-state index is 0.0338. The fourth-order valence-corrected chi connectivity index (χ4v) is 9.24. The second-order valence-corrected chi connectivity index (χ2v) is 13.2. The van der Waals surface area contributed by atoms with Crippen molar-refractivity contribution in [3.05, 3.63) is 72.3 Å². The highest BCUT2D eigenvalue weighted by Crippen LogP contribution is 2.39. The number of hydrogen-bond donors (Lipinski definition) is 1. The molecule has 0 aromatic heterocycles. The smallest absolute Gasteiger partial charge is 0.261 e. The summed E-state index contributed by atoms with van der Waals surface area (Å²) in [5.41, 5.74) is 1.37. The molecule has 2 aromatic carbocycles. The van der Waals surface area contributed by atoms with Crippen molar-refractivity contribution in [3.63, 3.8) is 0 Å². The van der Waals surface area contributed by atoms with Crippen molar-refractivity contribution in [2.24, 2.45) is 5.92 Å². The minimum atomic E-state index is -2.54. The molecule has 0 saturated heterocycles. The highest BCUT2D eigenvalue weighted by molar-refractivity contribution is 6.99. The maximum atomic E-state index is 10.6. The van der Waals surface area contributed by atoms with Gasteiger partial charge in [-0.15, -0.1) is 0 Å². The van der Waals surface area contributed by atoms with E-state index in [2.05, 4.69) is 94.4 Å². The van der Waals surface area contributed by atoms with Crippen LogP contribution < -0.4 is 10.4 Å². The summed E-state index contributed by atoms with van der Waals surface area (Å²) in [6, 6.07) is 21.5. The van der Waals surface area contributed by atoms with Crippen molar-refractivity contribution < 1.29 is 9.53 Å². The first kappa shape index (κ1) is 21.0. The van der Waals surface area contributed by atoms with Crippen LogP contribution in [0.25, 0.3) is 0 Å². The van der Waals surface area contributed by atoms with E-state index in [1.54, 1.807) is 0 Å². The maximum Gasteiger partial charge on any atom is 0.261 e. The maximum absolute atomic E-state index is 10.6. The van der Waals surface area contributed by atoms with Gasteiger partial charge in [0.2, 0.25) is 0 Å². The zero-order valence-electron chi connectivity index (χ0n) is 17.7. The van der Waals surface area contributed by atoms with Crippen LogP contribution in [0.5, 0.6) is 0 Å². The van der Waals surface area contributed by atoms with Crippen LogP contribution in [-0.4, -0.2) is 26.1 Å².